The number of hydrogen-bond acceptors (Lipinski definition) is 3. The van der Waals surface area contributed by atoms with Crippen LogP contribution in [-0.2, 0) is 4.79 Å². The third-order valence-electron chi connectivity index (χ3n) is 6.93. The molecule has 24 heavy (non-hydrogen) atoms. The molecule has 0 radical (unpaired) electrons. The summed E-state index contributed by atoms with van der Waals surface area (Å²) in [5.74, 6) is 1.75. The number of amides is 1. The van der Waals surface area contributed by atoms with Crippen molar-refractivity contribution in [3.05, 3.63) is 0 Å². The van der Waals surface area contributed by atoms with Crippen molar-refractivity contribution in [1.82, 2.24) is 9.80 Å². The maximum absolute atomic E-state index is 13.0. The molecule has 2 aliphatic carbocycles. The van der Waals surface area contributed by atoms with Gasteiger partial charge in [-0.25, -0.2) is 0 Å². The summed E-state index contributed by atoms with van der Waals surface area (Å²) in [7, 11) is 0. The van der Waals surface area contributed by atoms with Crippen LogP contribution in [0.3, 0.4) is 0 Å². The average Bonchev–Trinajstić information content (AvgIpc) is 3.21. The number of hydrogen-bond donors (Lipinski definition) is 1. The first-order valence-electron chi connectivity index (χ1n) is 9.52. The molecule has 0 aromatic carbocycles. The zero-order valence-electron chi connectivity index (χ0n) is 14.6. The smallest absolute Gasteiger partial charge is 0.227 e. The summed E-state index contributed by atoms with van der Waals surface area (Å²) in [6.45, 7) is 4.47. The number of fused-ring (bicyclic) bond motifs is 2. The van der Waals surface area contributed by atoms with Crippen LogP contribution in [0.2, 0.25) is 0 Å². The van der Waals surface area contributed by atoms with Gasteiger partial charge in [-0.3, -0.25) is 4.79 Å². The molecule has 2 aliphatic heterocycles. The standard InChI is InChI=1S/C18H31N3O.2ClH/c19-17-14-6-5-13(12-14)16(17)18(22)21-10-3-4-15(7-11-21)20-8-1-2-9-20;;/h13-17H,1-12,19H2;2*1H. The van der Waals surface area contributed by atoms with Crippen molar-refractivity contribution in [3.63, 3.8) is 0 Å². The molecule has 2 saturated carbocycles. The number of halogens is 2. The second-order valence-corrected chi connectivity index (χ2v) is 8.09. The molecule has 0 aromatic rings. The molecule has 1 amide bonds. The molecule has 0 spiro atoms. The molecule has 4 nitrogen and oxygen atoms in total. The summed E-state index contributed by atoms with van der Waals surface area (Å²) in [6.07, 6.45) is 10.0. The van der Waals surface area contributed by atoms with Gasteiger partial charge in [0.2, 0.25) is 5.91 Å². The van der Waals surface area contributed by atoms with Crippen LogP contribution in [0.15, 0.2) is 0 Å². The molecule has 4 fully saturated rings. The number of carbonyl (C=O) groups excluding carboxylic acids is 1. The number of likely N-dealkylation sites (tertiary alicyclic amines) is 2. The number of carbonyl (C=O) groups is 1. The van der Waals surface area contributed by atoms with Gasteiger partial charge in [0.25, 0.3) is 0 Å². The fourth-order valence-corrected chi connectivity index (χ4v) is 5.68. The van der Waals surface area contributed by atoms with E-state index in [0.717, 1.165) is 13.1 Å². The molecule has 4 rings (SSSR count). The maximum Gasteiger partial charge on any atom is 0.227 e. The van der Waals surface area contributed by atoms with E-state index in [1.165, 1.54) is 64.5 Å². The van der Waals surface area contributed by atoms with E-state index in [1.54, 1.807) is 0 Å². The van der Waals surface area contributed by atoms with Crippen LogP contribution in [0, 0.1) is 17.8 Å². The Balaban J connectivity index is 0.00000104. The molecule has 6 heteroatoms. The zero-order chi connectivity index (χ0) is 15.1. The van der Waals surface area contributed by atoms with E-state index in [1.807, 2.05) is 0 Å². The highest BCUT2D eigenvalue weighted by Crippen LogP contribution is 2.48. The largest absolute Gasteiger partial charge is 0.342 e. The van der Waals surface area contributed by atoms with E-state index in [9.17, 15) is 4.79 Å². The second-order valence-electron chi connectivity index (χ2n) is 8.09. The number of nitrogens with two attached hydrogens (primary N) is 1. The van der Waals surface area contributed by atoms with Crippen molar-refractivity contribution in [2.45, 2.75) is 63.5 Å². The molecule has 2 N–H and O–H groups in total. The Bertz CT molecular complexity index is 428. The van der Waals surface area contributed by atoms with Gasteiger partial charge >= 0.3 is 0 Å². The molecule has 5 unspecified atom stereocenters. The van der Waals surface area contributed by atoms with Gasteiger partial charge < -0.3 is 15.5 Å². The lowest BCUT2D eigenvalue weighted by molar-refractivity contribution is -0.137. The monoisotopic (exact) mass is 377 g/mol. The molecule has 0 aromatic heterocycles. The molecular weight excluding hydrogens is 345 g/mol. The van der Waals surface area contributed by atoms with Crippen LogP contribution >= 0.6 is 24.8 Å². The third-order valence-corrected chi connectivity index (χ3v) is 6.93. The predicted molar refractivity (Wildman–Crippen MR) is 102 cm³/mol. The Morgan fingerprint density at radius 2 is 1.54 bits per heavy atom. The van der Waals surface area contributed by atoms with Gasteiger partial charge in [0.1, 0.15) is 0 Å². The highest BCUT2D eigenvalue weighted by atomic mass is 35.5. The summed E-state index contributed by atoms with van der Waals surface area (Å²) in [4.78, 5) is 17.8. The molecule has 140 valence electrons. The van der Waals surface area contributed by atoms with Crippen molar-refractivity contribution in [3.8, 4) is 0 Å². The lowest BCUT2D eigenvalue weighted by Gasteiger charge is -2.32. The van der Waals surface area contributed by atoms with E-state index in [-0.39, 0.29) is 36.8 Å². The van der Waals surface area contributed by atoms with Gasteiger partial charge in [-0.15, -0.1) is 24.8 Å². The van der Waals surface area contributed by atoms with Gasteiger partial charge in [-0.05, 0) is 76.3 Å². The molecular formula is C18H33Cl2N3O. The number of nitrogens with zero attached hydrogens (tertiary/aromatic N) is 2. The Morgan fingerprint density at radius 3 is 2.21 bits per heavy atom. The Hall–Kier alpha value is -0.0300. The molecule has 5 atom stereocenters. The topological polar surface area (TPSA) is 49.6 Å². The summed E-state index contributed by atoms with van der Waals surface area (Å²) in [5, 5.41) is 0. The van der Waals surface area contributed by atoms with E-state index in [4.69, 9.17) is 5.73 Å². The first kappa shape index (κ1) is 20.3. The van der Waals surface area contributed by atoms with E-state index >= 15 is 0 Å². The normalized spacial score (nSPS) is 39.2. The minimum Gasteiger partial charge on any atom is -0.342 e. The van der Waals surface area contributed by atoms with Gasteiger partial charge in [-0.2, -0.15) is 0 Å². The summed E-state index contributed by atoms with van der Waals surface area (Å²) >= 11 is 0. The van der Waals surface area contributed by atoms with Crippen LogP contribution in [0.5, 0.6) is 0 Å². The quantitative estimate of drug-likeness (QED) is 0.804. The minimum absolute atomic E-state index is 0. The second kappa shape index (κ2) is 8.57. The lowest BCUT2D eigenvalue weighted by atomic mass is 9.84. The van der Waals surface area contributed by atoms with E-state index < -0.39 is 0 Å². The highest BCUT2D eigenvalue weighted by Gasteiger charge is 2.50. The van der Waals surface area contributed by atoms with Gasteiger partial charge in [0.05, 0.1) is 5.92 Å². The van der Waals surface area contributed by atoms with Crippen molar-refractivity contribution >= 4 is 30.7 Å². The van der Waals surface area contributed by atoms with Crippen LogP contribution in [0.1, 0.15) is 51.4 Å². The lowest BCUT2D eigenvalue weighted by Crippen LogP contribution is -2.47. The Kier molecular flexibility index (Phi) is 7.24. The predicted octanol–water partition coefficient (Wildman–Crippen LogP) is 2.68. The van der Waals surface area contributed by atoms with Gasteiger partial charge in [0, 0.05) is 25.2 Å². The molecule has 2 bridgehead atoms. The highest BCUT2D eigenvalue weighted by molar-refractivity contribution is 5.85. The van der Waals surface area contributed by atoms with Crippen molar-refractivity contribution in [2.75, 3.05) is 26.2 Å². The number of rotatable bonds is 2. The van der Waals surface area contributed by atoms with Crippen molar-refractivity contribution in [2.24, 2.45) is 23.5 Å². The van der Waals surface area contributed by atoms with Gasteiger partial charge in [-0.1, -0.05) is 0 Å². The van der Waals surface area contributed by atoms with Crippen LogP contribution < -0.4 is 5.73 Å². The summed E-state index contributed by atoms with van der Waals surface area (Å²) in [5.41, 5.74) is 6.38. The fourth-order valence-electron chi connectivity index (χ4n) is 5.68. The van der Waals surface area contributed by atoms with Crippen molar-refractivity contribution in [1.29, 1.82) is 0 Å². The average molecular weight is 378 g/mol. The first-order valence-corrected chi connectivity index (χ1v) is 9.52. The maximum atomic E-state index is 13.0. The van der Waals surface area contributed by atoms with Crippen molar-refractivity contribution < 1.29 is 4.79 Å². The fraction of sp³-hybridized carbons (Fsp3) is 0.944. The minimum atomic E-state index is 0. The van der Waals surface area contributed by atoms with Crippen LogP contribution in [0.4, 0.5) is 0 Å². The Morgan fingerprint density at radius 1 is 0.833 bits per heavy atom. The third kappa shape index (κ3) is 3.72. The Labute approximate surface area is 158 Å². The summed E-state index contributed by atoms with van der Waals surface area (Å²) < 4.78 is 0. The van der Waals surface area contributed by atoms with E-state index in [2.05, 4.69) is 9.80 Å². The molecule has 2 saturated heterocycles. The SMILES string of the molecule is Cl.Cl.NC1C2CCC(C2)C1C(=O)N1CCCC(N2CCCC2)CC1. The summed E-state index contributed by atoms with van der Waals surface area (Å²) in [6, 6.07) is 0.859. The van der Waals surface area contributed by atoms with Crippen LogP contribution in [0.25, 0.3) is 0 Å². The molecule has 4 aliphatic rings. The zero-order valence-corrected chi connectivity index (χ0v) is 16.2. The van der Waals surface area contributed by atoms with E-state index in [0.29, 0.717) is 23.8 Å². The first-order chi connectivity index (χ1) is 10.7. The van der Waals surface area contributed by atoms with Gasteiger partial charge in [0.15, 0.2) is 0 Å². The van der Waals surface area contributed by atoms with Crippen LogP contribution in [-0.4, -0.2) is 54.0 Å². The molecule has 2 heterocycles.